The molecule has 1 atom stereocenters. The molecule has 0 bridgehead atoms. The number of rotatable bonds is 4. The highest BCUT2D eigenvalue weighted by molar-refractivity contribution is 7.16. The summed E-state index contributed by atoms with van der Waals surface area (Å²) in [5.74, 6) is 0. The lowest BCUT2D eigenvalue weighted by Crippen LogP contribution is -2.27. The quantitative estimate of drug-likeness (QED) is 0.828. The van der Waals surface area contributed by atoms with Crippen LogP contribution >= 0.6 is 22.9 Å². The van der Waals surface area contributed by atoms with Gasteiger partial charge in [-0.2, -0.15) is 5.26 Å². The Labute approximate surface area is 91.7 Å². The Morgan fingerprint density at radius 1 is 1.79 bits per heavy atom. The van der Waals surface area contributed by atoms with E-state index in [9.17, 15) is 0 Å². The van der Waals surface area contributed by atoms with Crippen molar-refractivity contribution in [3.05, 3.63) is 10.0 Å². The highest BCUT2D eigenvalue weighted by Crippen LogP contribution is 2.25. The summed E-state index contributed by atoms with van der Waals surface area (Å²) < 4.78 is 0. The third-order valence-corrected chi connectivity index (χ3v) is 3.03. The number of hydrogen-bond acceptors (Lipinski definition) is 5. The van der Waals surface area contributed by atoms with Crippen LogP contribution < -0.4 is 11.1 Å². The fourth-order valence-corrected chi connectivity index (χ4v) is 1.76. The van der Waals surface area contributed by atoms with Crippen molar-refractivity contribution >= 4 is 28.1 Å². The van der Waals surface area contributed by atoms with E-state index in [0.29, 0.717) is 16.6 Å². The third kappa shape index (κ3) is 2.84. The normalized spacial score (nSPS) is 12.1. The number of anilines is 1. The van der Waals surface area contributed by atoms with Gasteiger partial charge < -0.3 is 11.1 Å². The molecule has 0 aliphatic carbocycles. The molecule has 1 unspecified atom stereocenters. The van der Waals surface area contributed by atoms with Gasteiger partial charge >= 0.3 is 0 Å². The molecule has 0 saturated heterocycles. The second kappa shape index (κ2) is 5.15. The Morgan fingerprint density at radius 2 is 2.50 bits per heavy atom. The van der Waals surface area contributed by atoms with Crippen LogP contribution in [0.25, 0.3) is 0 Å². The molecule has 1 aromatic heterocycles. The lowest BCUT2D eigenvalue weighted by molar-refractivity contribution is 0.679. The van der Waals surface area contributed by atoms with Crippen LogP contribution in [0.3, 0.4) is 0 Å². The van der Waals surface area contributed by atoms with Crippen LogP contribution in [0.15, 0.2) is 0 Å². The largest absolute Gasteiger partial charge is 0.360 e. The van der Waals surface area contributed by atoms with Crippen LogP contribution in [-0.2, 0) is 0 Å². The number of nitriles is 1. The molecule has 14 heavy (non-hydrogen) atoms. The van der Waals surface area contributed by atoms with Gasteiger partial charge in [-0.3, -0.25) is 0 Å². The molecule has 1 rings (SSSR count). The predicted molar refractivity (Wildman–Crippen MR) is 58.6 cm³/mol. The molecule has 0 spiro atoms. The Kier molecular flexibility index (Phi) is 4.14. The van der Waals surface area contributed by atoms with Gasteiger partial charge in [0.2, 0.25) is 0 Å². The van der Waals surface area contributed by atoms with Crippen molar-refractivity contribution in [2.24, 2.45) is 5.73 Å². The highest BCUT2D eigenvalue weighted by Gasteiger charge is 2.08. The van der Waals surface area contributed by atoms with Crippen molar-refractivity contribution in [1.29, 1.82) is 5.26 Å². The van der Waals surface area contributed by atoms with E-state index in [1.165, 1.54) is 11.3 Å². The van der Waals surface area contributed by atoms with E-state index in [0.717, 1.165) is 6.42 Å². The Bertz CT molecular complexity index is 344. The van der Waals surface area contributed by atoms with E-state index in [2.05, 4.69) is 10.3 Å². The minimum atomic E-state index is 0.100. The van der Waals surface area contributed by atoms with E-state index >= 15 is 0 Å². The molecule has 0 fully saturated rings. The van der Waals surface area contributed by atoms with Crippen LogP contribution in [0.4, 0.5) is 5.13 Å². The van der Waals surface area contributed by atoms with Crippen LogP contribution in [0.1, 0.15) is 18.2 Å². The van der Waals surface area contributed by atoms with Crippen molar-refractivity contribution in [2.45, 2.75) is 19.4 Å². The molecule has 6 heteroatoms. The summed E-state index contributed by atoms with van der Waals surface area (Å²) in [7, 11) is 0. The minimum Gasteiger partial charge on any atom is -0.360 e. The Hall–Kier alpha value is -0.830. The maximum absolute atomic E-state index is 8.64. The molecular weight excluding hydrogens is 220 g/mol. The van der Waals surface area contributed by atoms with Crippen molar-refractivity contribution < 1.29 is 0 Å². The summed E-state index contributed by atoms with van der Waals surface area (Å²) in [4.78, 5) is 4.41. The maximum atomic E-state index is 8.64. The molecule has 0 aromatic carbocycles. The first-order valence-corrected chi connectivity index (χ1v) is 5.42. The number of nitrogens with zero attached hydrogens (tertiary/aromatic N) is 2. The number of nitrogens with one attached hydrogen (secondary N) is 1. The van der Waals surface area contributed by atoms with Gasteiger partial charge in [-0.1, -0.05) is 29.9 Å². The predicted octanol–water partition coefficient (Wildman–Crippen LogP) is 1.82. The van der Waals surface area contributed by atoms with Gasteiger partial charge in [-0.15, -0.1) is 0 Å². The first kappa shape index (κ1) is 11.2. The van der Waals surface area contributed by atoms with E-state index in [-0.39, 0.29) is 11.2 Å². The average Bonchev–Trinajstić information content (AvgIpc) is 2.55. The zero-order chi connectivity index (χ0) is 10.6. The standard InChI is InChI=1S/C8H11ClN4S/c1-2-5(11)4-12-8-13-7(9)6(3-10)14-8/h5H,2,4,11H2,1H3,(H,12,13). The fraction of sp³-hybridized carbons (Fsp3) is 0.500. The summed E-state index contributed by atoms with van der Waals surface area (Å²) in [5, 5.41) is 12.6. The van der Waals surface area contributed by atoms with Crippen molar-refractivity contribution in [1.82, 2.24) is 4.98 Å². The van der Waals surface area contributed by atoms with E-state index in [1.54, 1.807) is 0 Å². The summed E-state index contributed by atoms with van der Waals surface area (Å²) >= 11 is 6.94. The zero-order valence-corrected chi connectivity index (χ0v) is 9.32. The lowest BCUT2D eigenvalue weighted by Gasteiger charge is -2.08. The number of aromatic nitrogens is 1. The zero-order valence-electron chi connectivity index (χ0n) is 7.75. The van der Waals surface area contributed by atoms with Crippen molar-refractivity contribution in [3.63, 3.8) is 0 Å². The van der Waals surface area contributed by atoms with Gasteiger partial charge in [0.05, 0.1) is 0 Å². The minimum absolute atomic E-state index is 0.100. The Morgan fingerprint density at radius 3 is 3.00 bits per heavy atom. The van der Waals surface area contributed by atoms with Gasteiger partial charge in [0, 0.05) is 12.6 Å². The van der Waals surface area contributed by atoms with Crippen molar-refractivity contribution in [2.75, 3.05) is 11.9 Å². The van der Waals surface area contributed by atoms with Crippen LogP contribution in [0.2, 0.25) is 5.15 Å². The van der Waals surface area contributed by atoms with Crippen LogP contribution in [0, 0.1) is 11.3 Å². The fourth-order valence-electron chi connectivity index (χ4n) is 0.809. The third-order valence-electron chi connectivity index (χ3n) is 1.73. The van der Waals surface area contributed by atoms with Crippen molar-refractivity contribution in [3.8, 4) is 6.07 Å². The molecule has 0 amide bonds. The first-order valence-electron chi connectivity index (χ1n) is 4.23. The molecule has 1 heterocycles. The Balaban J connectivity index is 2.56. The van der Waals surface area contributed by atoms with E-state index < -0.39 is 0 Å². The number of thiazole rings is 1. The second-order valence-electron chi connectivity index (χ2n) is 2.80. The van der Waals surface area contributed by atoms with E-state index in [4.69, 9.17) is 22.6 Å². The summed E-state index contributed by atoms with van der Waals surface area (Å²) in [6.07, 6.45) is 0.900. The monoisotopic (exact) mass is 230 g/mol. The molecule has 3 N–H and O–H groups in total. The average molecular weight is 231 g/mol. The molecule has 4 nitrogen and oxygen atoms in total. The van der Waals surface area contributed by atoms with Gasteiger partial charge in [-0.05, 0) is 6.42 Å². The van der Waals surface area contributed by atoms with Gasteiger partial charge in [0.1, 0.15) is 10.9 Å². The summed E-state index contributed by atoms with van der Waals surface area (Å²) in [6.45, 7) is 2.66. The molecule has 0 saturated carbocycles. The lowest BCUT2D eigenvalue weighted by atomic mass is 10.2. The molecule has 76 valence electrons. The highest BCUT2D eigenvalue weighted by atomic mass is 35.5. The number of halogens is 1. The van der Waals surface area contributed by atoms with Gasteiger partial charge in [-0.25, -0.2) is 4.98 Å². The maximum Gasteiger partial charge on any atom is 0.185 e. The van der Waals surface area contributed by atoms with E-state index in [1.807, 2.05) is 13.0 Å². The van der Waals surface area contributed by atoms with Crippen LogP contribution in [-0.4, -0.2) is 17.6 Å². The summed E-state index contributed by atoms with van der Waals surface area (Å²) in [6, 6.07) is 2.07. The SMILES string of the molecule is CCC(N)CNc1nc(Cl)c(C#N)s1. The van der Waals surface area contributed by atoms with Gasteiger partial charge in [0.15, 0.2) is 10.3 Å². The molecule has 0 aliphatic heterocycles. The molecule has 0 aliphatic rings. The summed E-state index contributed by atoms with van der Waals surface area (Å²) in [5.41, 5.74) is 5.71. The second-order valence-corrected chi connectivity index (χ2v) is 4.16. The molecule has 1 aromatic rings. The van der Waals surface area contributed by atoms with Gasteiger partial charge in [0.25, 0.3) is 0 Å². The number of nitrogens with two attached hydrogens (primary N) is 1. The first-order chi connectivity index (χ1) is 6.67. The molecule has 0 radical (unpaired) electrons. The van der Waals surface area contributed by atoms with Crippen LogP contribution in [0.5, 0.6) is 0 Å². The molecular formula is C8H11ClN4S. The topological polar surface area (TPSA) is 74.7 Å². The number of hydrogen-bond donors (Lipinski definition) is 2. The smallest absolute Gasteiger partial charge is 0.185 e.